The summed E-state index contributed by atoms with van der Waals surface area (Å²) in [5.74, 6) is 1.19. The van der Waals surface area contributed by atoms with Crippen LogP contribution >= 0.6 is 0 Å². The number of aliphatic imine (C=N–C) groups is 1. The van der Waals surface area contributed by atoms with E-state index in [1.165, 1.54) is 13.4 Å². The first-order chi connectivity index (χ1) is 12.8. The van der Waals surface area contributed by atoms with Crippen LogP contribution in [0.5, 0.6) is 0 Å². The molecule has 0 radical (unpaired) electrons. The Morgan fingerprint density at radius 2 is 1.78 bits per heavy atom. The van der Waals surface area contributed by atoms with E-state index in [2.05, 4.69) is 10.6 Å². The molecule has 2 N–H and O–H groups in total. The highest BCUT2D eigenvalue weighted by Gasteiger charge is 2.26. The van der Waals surface area contributed by atoms with E-state index in [-0.39, 0.29) is 12.1 Å². The number of nitrogens with one attached hydrogen (secondary N) is 2. The number of likely N-dealkylation sites (tertiary alicyclic amines) is 1. The second-order valence-electron chi connectivity index (χ2n) is 7.20. The Kier molecular flexibility index (Phi) is 8.15. The SMILES string of the molecule is CCNC(=NCC1CCN(S(C)(=O)=O)CC1)NC1CCN(C(=O)OC)CC1. The number of piperidine rings is 2. The number of ether oxygens (including phenoxy) is 1. The molecule has 27 heavy (non-hydrogen) atoms. The van der Waals surface area contributed by atoms with Crippen LogP contribution in [0.15, 0.2) is 4.99 Å². The van der Waals surface area contributed by atoms with Gasteiger partial charge in [-0.2, -0.15) is 0 Å². The van der Waals surface area contributed by atoms with Gasteiger partial charge in [-0.25, -0.2) is 17.5 Å². The highest BCUT2D eigenvalue weighted by molar-refractivity contribution is 7.88. The molecule has 0 aromatic rings. The quantitative estimate of drug-likeness (QED) is 0.510. The molecule has 2 fully saturated rings. The highest BCUT2D eigenvalue weighted by Crippen LogP contribution is 2.19. The number of carbonyl (C=O) groups is 1. The summed E-state index contributed by atoms with van der Waals surface area (Å²) in [7, 11) is -1.68. The first kappa shape index (κ1) is 21.7. The summed E-state index contributed by atoms with van der Waals surface area (Å²) in [5.41, 5.74) is 0. The number of hydrogen-bond acceptors (Lipinski definition) is 5. The Hall–Kier alpha value is -1.55. The average Bonchev–Trinajstić information content (AvgIpc) is 2.66. The van der Waals surface area contributed by atoms with E-state index < -0.39 is 10.0 Å². The van der Waals surface area contributed by atoms with Gasteiger partial charge in [0.25, 0.3) is 0 Å². The molecule has 10 heteroatoms. The molecule has 0 unspecified atom stereocenters. The molecule has 2 rings (SSSR count). The number of guanidine groups is 1. The number of amides is 1. The number of rotatable bonds is 5. The third-order valence-corrected chi connectivity index (χ3v) is 6.47. The minimum Gasteiger partial charge on any atom is -0.453 e. The van der Waals surface area contributed by atoms with Crippen LogP contribution in [-0.2, 0) is 14.8 Å². The zero-order valence-corrected chi connectivity index (χ0v) is 17.4. The van der Waals surface area contributed by atoms with Crippen LogP contribution in [0.2, 0.25) is 0 Å². The van der Waals surface area contributed by atoms with Crippen molar-refractivity contribution < 1.29 is 17.9 Å². The molecule has 2 heterocycles. The molecular weight excluding hydrogens is 370 g/mol. The summed E-state index contributed by atoms with van der Waals surface area (Å²) in [6.07, 6.45) is 4.39. The van der Waals surface area contributed by atoms with Crippen molar-refractivity contribution in [2.75, 3.05) is 52.6 Å². The molecule has 0 atom stereocenters. The predicted octanol–water partition coefficient (Wildman–Crippen LogP) is 0.444. The van der Waals surface area contributed by atoms with Gasteiger partial charge in [0.2, 0.25) is 10.0 Å². The van der Waals surface area contributed by atoms with Crippen molar-refractivity contribution in [2.45, 2.75) is 38.6 Å². The van der Waals surface area contributed by atoms with Crippen LogP contribution in [-0.4, -0.2) is 88.4 Å². The molecule has 0 aliphatic carbocycles. The maximum atomic E-state index is 11.6. The third-order valence-electron chi connectivity index (χ3n) is 5.16. The monoisotopic (exact) mass is 403 g/mol. The van der Waals surface area contributed by atoms with E-state index in [0.717, 1.165) is 38.2 Å². The van der Waals surface area contributed by atoms with Crippen LogP contribution < -0.4 is 10.6 Å². The van der Waals surface area contributed by atoms with Gasteiger partial charge in [-0.3, -0.25) is 4.99 Å². The van der Waals surface area contributed by atoms with Crippen molar-refractivity contribution in [1.82, 2.24) is 19.8 Å². The lowest BCUT2D eigenvalue weighted by Gasteiger charge is -2.32. The fourth-order valence-corrected chi connectivity index (χ4v) is 4.37. The summed E-state index contributed by atoms with van der Waals surface area (Å²) in [5, 5.41) is 6.74. The Labute approximate surface area is 162 Å². The van der Waals surface area contributed by atoms with Crippen molar-refractivity contribution in [2.24, 2.45) is 10.9 Å². The van der Waals surface area contributed by atoms with Crippen LogP contribution in [0.1, 0.15) is 32.6 Å². The molecule has 0 spiro atoms. The summed E-state index contributed by atoms with van der Waals surface area (Å²) >= 11 is 0. The van der Waals surface area contributed by atoms with Gasteiger partial charge >= 0.3 is 6.09 Å². The second-order valence-corrected chi connectivity index (χ2v) is 9.18. The van der Waals surface area contributed by atoms with E-state index in [0.29, 0.717) is 38.6 Å². The summed E-state index contributed by atoms with van der Waals surface area (Å²) in [4.78, 5) is 18.0. The van der Waals surface area contributed by atoms with Gasteiger partial charge in [0.1, 0.15) is 0 Å². The van der Waals surface area contributed by atoms with E-state index >= 15 is 0 Å². The van der Waals surface area contributed by atoms with E-state index in [4.69, 9.17) is 9.73 Å². The van der Waals surface area contributed by atoms with Crippen molar-refractivity contribution in [3.05, 3.63) is 0 Å². The highest BCUT2D eigenvalue weighted by atomic mass is 32.2. The van der Waals surface area contributed by atoms with Gasteiger partial charge < -0.3 is 20.3 Å². The maximum Gasteiger partial charge on any atom is 0.409 e. The number of nitrogens with zero attached hydrogens (tertiary/aromatic N) is 3. The molecule has 1 amide bonds. The van der Waals surface area contributed by atoms with Crippen LogP contribution in [0, 0.1) is 5.92 Å². The molecule has 9 nitrogen and oxygen atoms in total. The lowest BCUT2D eigenvalue weighted by Crippen LogP contribution is -2.50. The Bertz CT molecular complexity index is 609. The average molecular weight is 404 g/mol. The van der Waals surface area contributed by atoms with Crippen LogP contribution in [0.25, 0.3) is 0 Å². The minimum absolute atomic E-state index is 0.269. The van der Waals surface area contributed by atoms with E-state index in [1.807, 2.05) is 6.92 Å². The Balaban J connectivity index is 1.80. The summed E-state index contributed by atoms with van der Waals surface area (Å²) < 4.78 is 29.5. The number of sulfonamides is 1. The second kappa shape index (κ2) is 10.1. The molecule has 0 aromatic carbocycles. The van der Waals surface area contributed by atoms with Gasteiger partial charge in [0, 0.05) is 45.3 Å². The largest absolute Gasteiger partial charge is 0.453 e. The summed E-state index contributed by atoms with van der Waals surface area (Å²) in [6.45, 7) is 6.00. The Morgan fingerprint density at radius 3 is 2.30 bits per heavy atom. The lowest BCUT2D eigenvalue weighted by molar-refractivity contribution is 0.111. The molecule has 2 saturated heterocycles. The fourth-order valence-electron chi connectivity index (χ4n) is 3.49. The molecule has 0 saturated carbocycles. The third kappa shape index (κ3) is 6.84. The number of hydrogen-bond donors (Lipinski definition) is 2. The van der Waals surface area contributed by atoms with Crippen molar-refractivity contribution in [3.8, 4) is 0 Å². The van der Waals surface area contributed by atoms with Gasteiger partial charge in [-0.15, -0.1) is 0 Å². The van der Waals surface area contributed by atoms with Gasteiger partial charge in [0.05, 0.1) is 13.4 Å². The standard InChI is InChI=1S/C17H33N5O4S/c1-4-18-16(20-15-7-9-21(10-8-15)17(23)26-2)19-13-14-5-11-22(12-6-14)27(3,24)25/h14-15H,4-13H2,1-3H3,(H2,18,19,20). The van der Waals surface area contributed by atoms with E-state index in [1.54, 1.807) is 9.21 Å². The number of methoxy groups -OCH3 is 1. The molecule has 2 aliphatic rings. The van der Waals surface area contributed by atoms with E-state index in [9.17, 15) is 13.2 Å². The first-order valence-corrected chi connectivity index (χ1v) is 11.5. The molecule has 0 bridgehead atoms. The molecule has 156 valence electrons. The van der Waals surface area contributed by atoms with Crippen molar-refractivity contribution in [3.63, 3.8) is 0 Å². The minimum atomic E-state index is -3.09. The zero-order chi connectivity index (χ0) is 19.9. The molecular formula is C17H33N5O4S. The molecule has 0 aromatic heterocycles. The van der Waals surface area contributed by atoms with Gasteiger partial charge in [0.15, 0.2) is 5.96 Å². The Morgan fingerprint density at radius 1 is 1.15 bits per heavy atom. The topological polar surface area (TPSA) is 103 Å². The zero-order valence-electron chi connectivity index (χ0n) is 16.6. The van der Waals surface area contributed by atoms with Gasteiger partial charge in [-0.1, -0.05) is 0 Å². The smallest absolute Gasteiger partial charge is 0.409 e. The van der Waals surface area contributed by atoms with Crippen LogP contribution in [0.3, 0.4) is 0 Å². The predicted molar refractivity (Wildman–Crippen MR) is 105 cm³/mol. The maximum absolute atomic E-state index is 11.6. The lowest BCUT2D eigenvalue weighted by atomic mass is 9.98. The van der Waals surface area contributed by atoms with Crippen LogP contribution in [0.4, 0.5) is 4.79 Å². The van der Waals surface area contributed by atoms with Crippen molar-refractivity contribution >= 4 is 22.1 Å². The van der Waals surface area contributed by atoms with Crippen molar-refractivity contribution in [1.29, 1.82) is 0 Å². The number of carbonyl (C=O) groups excluding carboxylic acids is 1. The first-order valence-electron chi connectivity index (χ1n) is 9.66. The summed E-state index contributed by atoms with van der Waals surface area (Å²) in [6, 6.07) is 0.274. The molecule has 2 aliphatic heterocycles. The van der Waals surface area contributed by atoms with Gasteiger partial charge in [-0.05, 0) is 38.5 Å². The fraction of sp³-hybridized carbons (Fsp3) is 0.882. The normalized spacial score (nSPS) is 21.1.